The molecule has 1 heterocycles. The number of aromatic nitrogens is 2. The van der Waals surface area contributed by atoms with Crippen LogP contribution in [0.5, 0.6) is 0 Å². The van der Waals surface area contributed by atoms with E-state index in [0.29, 0.717) is 5.69 Å². The number of nitrogens with one attached hydrogen (secondary N) is 1. The normalized spacial score (nSPS) is 10.2. The van der Waals surface area contributed by atoms with Gasteiger partial charge in [-0.1, -0.05) is 0 Å². The molecule has 2 aromatic rings. The van der Waals surface area contributed by atoms with Crippen LogP contribution in [-0.2, 0) is 0 Å². The topological polar surface area (TPSA) is 75.0 Å². The van der Waals surface area contributed by atoms with Crippen LogP contribution in [0.2, 0.25) is 0 Å². The van der Waals surface area contributed by atoms with Crippen LogP contribution in [0.3, 0.4) is 0 Å². The minimum absolute atomic E-state index is 0.251. The predicted molar refractivity (Wildman–Crippen MR) is 62.1 cm³/mol. The summed E-state index contributed by atoms with van der Waals surface area (Å²) in [5.41, 5.74) is 6.29. The molecule has 5 nitrogen and oxygen atoms in total. The number of amides is 1. The van der Waals surface area contributed by atoms with Crippen molar-refractivity contribution in [1.82, 2.24) is 10.2 Å². The molecule has 0 atom stereocenters. The van der Waals surface area contributed by atoms with Crippen molar-refractivity contribution >= 4 is 17.4 Å². The van der Waals surface area contributed by atoms with E-state index in [1.807, 2.05) is 0 Å². The third kappa shape index (κ3) is 2.25. The highest BCUT2D eigenvalue weighted by molar-refractivity contribution is 6.04. The maximum Gasteiger partial charge on any atom is 0.276 e. The molecule has 2 rings (SSSR count). The van der Waals surface area contributed by atoms with E-state index in [1.165, 1.54) is 35.2 Å². The molecule has 0 aliphatic heterocycles. The lowest BCUT2D eigenvalue weighted by Crippen LogP contribution is -2.26. The number of carbonyl (C=O) groups is 1. The number of hydrogen-bond acceptors (Lipinski definition) is 3. The fraction of sp³-hybridized carbons (Fsp3) is 0.0909. The Morgan fingerprint density at radius 2 is 2.06 bits per heavy atom. The zero-order chi connectivity index (χ0) is 12.4. The Balaban J connectivity index is 2.23. The minimum Gasteiger partial charge on any atom is -0.382 e. The van der Waals surface area contributed by atoms with Crippen LogP contribution in [0, 0.1) is 5.82 Å². The average molecular weight is 234 g/mol. The van der Waals surface area contributed by atoms with E-state index in [0.717, 1.165) is 0 Å². The van der Waals surface area contributed by atoms with Crippen LogP contribution in [0.1, 0.15) is 10.5 Å². The Morgan fingerprint density at radius 1 is 1.41 bits per heavy atom. The van der Waals surface area contributed by atoms with Crippen LogP contribution >= 0.6 is 0 Å². The van der Waals surface area contributed by atoms with Gasteiger partial charge in [-0.25, -0.2) is 4.39 Å². The van der Waals surface area contributed by atoms with E-state index in [2.05, 4.69) is 10.2 Å². The smallest absolute Gasteiger partial charge is 0.276 e. The van der Waals surface area contributed by atoms with E-state index in [4.69, 9.17) is 5.73 Å². The Hall–Kier alpha value is -2.37. The number of carbonyl (C=O) groups excluding carboxylic acids is 1. The van der Waals surface area contributed by atoms with Gasteiger partial charge in [0, 0.05) is 18.8 Å². The van der Waals surface area contributed by atoms with Gasteiger partial charge in [0.25, 0.3) is 5.91 Å². The van der Waals surface area contributed by atoms with Gasteiger partial charge in [-0.3, -0.25) is 9.89 Å². The fourth-order valence-electron chi connectivity index (χ4n) is 1.41. The standard InChI is InChI=1S/C11H11FN4O/c1-16(8-4-2-7(12)3-5-8)11(17)9-6-10(13)15-14-9/h2-6H,1H3,(H3,13,14,15). The summed E-state index contributed by atoms with van der Waals surface area (Å²) in [5.74, 6) is -0.387. The lowest BCUT2D eigenvalue weighted by atomic mass is 10.2. The predicted octanol–water partition coefficient (Wildman–Crippen LogP) is 1.41. The average Bonchev–Trinajstić information content (AvgIpc) is 2.75. The molecule has 0 saturated heterocycles. The molecule has 88 valence electrons. The van der Waals surface area contributed by atoms with Crippen molar-refractivity contribution in [3.8, 4) is 0 Å². The summed E-state index contributed by atoms with van der Waals surface area (Å²) in [7, 11) is 1.59. The summed E-state index contributed by atoms with van der Waals surface area (Å²) in [6.07, 6.45) is 0. The molecule has 0 fully saturated rings. The number of anilines is 2. The highest BCUT2D eigenvalue weighted by Gasteiger charge is 2.15. The number of hydrogen-bond donors (Lipinski definition) is 2. The molecule has 0 aliphatic carbocycles. The van der Waals surface area contributed by atoms with E-state index in [-0.39, 0.29) is 23.2 Å². The highest BCUT2D eigenvalue weighted by Crippen LogP contribution is 2.15. The summed E-state index contributed by atoms with van der Waals surface area (Å²) in [5, 5.41) is 6.20. The molecule has 0 unspecified atom stereocenters. The van der Waals surface area contributed by atoms with Crippen LogP contribution in [-0.4, -0.2) is 23.2 Å². The number of nitrogens with zero attached hydrogens (tertiary/aromatic N) is 2. The Labute approximate surface area is 97.0 Å². The van der Waals surface area contributed by atoms with Gasteiger partial charge in [0.1, 0.15) is 17.3 Å². The van der Waals surface area contributed by atoms with E-state index >= 15 is 0 Å². The molecule has 0 saturated carbocycles. The molecule has 17 heavy (non-hydrogen) atoms. The number of aromatic amines is 1. The zero-order valence-electron chi connectivity index (χ0n) is 9.14. The second kappa shape index (κ2) is 4.25. The van der Waals surface area contributed by atoms with Crippen molar-refractivity contribution in [1.29, 1.82) is 0 Å². The van der Waals surface area contributed by atoms with Crippen LogP contribution in [0.25, 0.3) is 0 Å². The number of benzene rings is 1. The molecular weight excluding hydrogens is 223 g/mol. The molecule has 3 N–H and O–H groups in total. The minimum atomic E-state index is -0.347. The number of halogens is 1. The summed E-state index contributed by atoms with van der Waals surface area (Å²) in [6.45, 7) is 0. The molecule has 0 bridgehead atoms. The second-order valence-corrected chi connectivity index (χ2v) is 3.55. The van der Waals surface area contributed by atoms with Gasteiger partial charge in [0.05, 0.1) is 0 Å². The first-order valence-electron chi connectivity index (χ1n) is 4.92. The molecule has 1 aromatic carbocycles. The molecule has 1 amide bonds. The monoisotopic (exact) mass is 234 g/mol. The van der Waals surface area contributed by atoms with Gasteiger partial charge in [0.2, 0.25) is 0 Å². The Bertz CT molecular complexity index is 535. The molecule has 6 heteroatoms. The molecule has 0 spiro atoms. The molecular formula is C11H11FN4O. The summed E-state index contributed by atoms with van der Waals surface area (Å²) in [4.78, 5) is 13.3. The van der Waals surface area contributed by atoms with Crippen molar-refractivity contribution < 1.29 is 9.18 Å². The van der Waals surface area contributed by atoms with Crippen molar-refractivity contribution in [2.75, 3.05) is 17.7 Å². The number of nitrogen functional groups attached to an aromatic ring is 1. The number of rotatable bonds is 2. The number of nitrogens with two attached hydrogens (primary N) is 1. The summed E-state index contributed by atoms with van der Waals surface area (Å²) in [6, 6.07) is 7.07. The van der Waals surface area contributed by atoms with E-state index in [9.17, 15) is 9.18 Å². The lowest BCUT2D eigenvalue weighted by molar-refractivity contribution is 0.0988. The number of H-pyrrole nitrogens is 1. The Kier molecular flexibility index (Phi) is 2.78. The van der Waals surface area contributed by atoms with Gasteiger partial charge < -0.3 is 10.6 Å². The molecule has 0 aliphatic rings. The maximum absolute atomic E-state index is 12.7. The molecule has 1 aromatic heterocycles. The van der Waals surface area contributed by atoms with Crippen molar-refractivity contribution in [3.63, 3.8) is 0 Å². The van der Waals surface area contributed by atoms with Crippen molar-refractivity contribution in [2.24, 2.45) is 0 Å². The van der Waals surface area contributed by atoms with Gasteiger partial charge in [-0.05, 0) is 24.3 Å². The van der Waals surface area contributed by atoms with Gasteiger partial charge in [0.15, 0.2) is 0 Å². The summed E-state index contributed by atoms with van der Waals surface area (Å²) >= 11 is 0. The van der Waals surface area contributed by atoms with Crippen molar-refractivity contribution in [3.05, 3.63) is 41.8 Å². The van der Waals surface area contributed by atoms with Gasteiger partial charge in [-0.2, -0.15) is 5.10 Å². The zero-order valence-corrected chi connectivity index (χ0v) is 9.14. The Morgan fingerprint density at radius 3 is 2.59 bits per heavy atom. The summed E-state index contributed by atoms with van der Waals surface area (Å²) < 4.78 is 12.7. The third-order valence-electron chi connectivity index (χ3n) is 2.35. The second-order valence-electron chi connectivity index (χ2n) is 3.55. The van der Waals surface area contributed by atoms with Gasteiger partial charge >= 0.3 is 0 Å². The van der Waals surface area contributed by atoms with Crippen LogP contribution in [0.15, 0.2) is 30.3 Å². The fourth-order valence-corrected chi connectivity index (χ4v) is 1.41. The highest BCUT2D eigenvalue weighted by atomic mass is 19.1. The van der Waals surface area contributed by atoms with Crippen molar-refractivity contribution in [2.45, 2.75) is 0 Å². The van der Waals surface area contributed by atoms with Gasteiger partial charge in [-0.15, -0.1) is 0 Å². The lowest BCUT2D eigenvalue weighted by Gasteiger charge is -2.15. The first-order chi connectivity index (χ1) is 8.08. The maximum atomic E-state index is 12.7. The first kappa shape index (κ1) is 11.1. The van der Waals surface area contributed by atoms with Crippen LogP contribution < -0.4 is 10.6 Å². The van der Waals surface area contributed by atoms with E-state index in [1.54, 1.807) is 7.05 Å². The SMILES string of the molecule is CN(C(=O)c1cc(N)n[nH]1)c1ccc(F)cc1. The van der Waals surface area contributed by atoms with Crippen LogP contribution in [0.4, 0.5) is 15.9 Å². The quantitative estimate of drug-likeness (QED) is 0.824. The molecule has 0 radical (unpaired) electrons. The first-order valence-corrected chi connectivity index (χ1v) is 4.92. The third-order valence-corrected chi connectivity index (χ3v) is 2.35. The van der Waals surface area contributed by atoms with E-state index < -0.39 is 0 Å². The largest absolute Gasteiger partial charge is 0.382 e.